The van der Waals surface area contributed by atoms with E-state index in [1.165, 1.54) is 0 Å². The van der Waals surface area contributed by atoms with Gasteiger partial charge in [-0.05, 0) is 0 Å². The van der Waals surface area contributed by atoms with Crippen molar-refractivity contribution in [2.75, 3.05) is 6.56 Å². The van der Waals surface area contributed by atoms with E-state index in [9.17, 15) is 4.79 Å². The third-order valence-electron chi connectivity index (χ3n) is 0.405. The lowest BCUT2D eigenvalue weighted by molar-refractivity contribution is -0.139. The molecule has 0 aromatic rings. The fourth-order valence-electron chi connectivity index (χ4n) is 0.0552. The lowest BCUT2D eigenvalue weighted by Gasteiger charge is -1.96. The average molecular weight is 107 g/mol. The van der Waals surface area contributed by atoms with Crippen LogP contribution in [0.3, 0.4) is 0 Å². The Morgan fingerprint density at radius 3 is 2.57 bits per heavy atom. The summed E-state index contributed by atoms with van der Waals surface area (Å²) in [5.74, 6) is -1.57. The molecule has 4 heteroatoms. The average Bonchev–Trinajstić information content (AvgIpc) is 1.62. The molecule has 7 heavy (non-hydrogen) atoms. The molecule has 0 saturated heterocycles. The molecule has 0 radical (unpaired) electrons. The Bertz CT molecular complexity index is 121. The molecule has 1 atom stereocenters. The first-order chi connectivity index (χ1) is 3.85. The second kappa shape index (κ2) is 2.54. The highest BCUT2D eigenvalue weighted by Crippen LogP contribution is 1.71. The van der Waals surface area contributed by atoms with E-state index in [-0.39, 0.29) is 0 Å². The number of hydrogen-bond donors (Lipinski definition) is 3. The highest BCUT2D eigenvalue weighted by Gasteiger charge is 2.06. The fraction of sp³-hybridized carbons (Fsp3) is 0.667. The molecule has 0 aromatic carbocycles. The molecule has 0 fully saturated rings. The Hall–Kier alpha value is -0.610. The molecule has 0 saturated carbocycles. The summed E-state index contributed by atoms with van der Waals surface area (Å²) in [7, 11) is 0. The largest absolute Gasteiger partial charge is 0.480 e. The number of hydrogen-bond acceptors (Lipinski definition) is 3. The van der Waals surface area contributed by atoms with Gasteiger partial charge in [-0.1, -0.05) is 0 Å². The molecule has 4 nitrogen and oxygen atoms in total. The summed E-state index contributed by atoms with van der Waals surface area (Å²) < 4.78 is 12.8. The zero-order chi connectivity index (χ0) is 7.65. The third-order valence-corrected chi connectivity index (χ3v) is 0.405. The van der Waals surface area contributed by atoms with Gasteiger partial charge in [-0.2, -0.15) is 0 Å². The predicted octanol–water partition coefficient (Wildman–Crippen LogP) is -1.61. The number of aliphatic hydroxyl groups is 1. The quantitative estimate of drug-likeness (QED) is 0.396. The SMILES string of the molecule is [2H]C([2H])(O)C(N)C(=O)O. The summed E-state index contributed by atoms with van der Waals surface area (Å²) in [5, 5.41) is 16.3. The van der Waals surface area contributed by atoms with Crippen LogP contribution >= 0.6 is 0 Å². The molecule has 0 amide bonds. The van der Waals surface area contributed by atoms with E-state index in [4.69, 9.17) is 13.0 Å². The first kappa shape index (κ1) is 3.40. The van der Waals surface area contributed by atoms with Crippen LogP contribution in [0.5, 0.6) is 0 Å². The fourth-order valence-corrected chi connectivity index (χ4v) is 0.0552. The first-order valence-electron chi connectivity index (χ1n) is 2.56. The van der Waals surface area contributed by atoms with Crippen LogP contribution < -0.4 is 5.73 Å². The van der Waals surface area contributed by atoms with Gasteiger partial charge in [0.25, 0.3) is 0 Å². The topological polar surface area (TPSA) is 83.5 Å². The van der Waals surface area contributed by atoms with Gasteiger partial charge in [0, 0.05) is 0 Å². The van der Waals surface area contributed by atoms with Gasteiger partial charge in [-0.15, -0.1) is 0 Å². The monoisotopic (exact) mass is 107 g/mol. The van der Waals surface area contributed by atoms with Crippen molar-refractivity contribution >= 4 is 5.97 Å². The van der Waals surface area contributed by atoms with Crippen molar-refractivity contribution in [1.82, 2.24) is 0 Å². The number of rotatable bonds is 2. The van der Waals surface area contributed by atoms with E-state index in [0.717, 1.165) is 0 Å². The number of carbonyl (C=O) groups is 1. The standard InChI is InChI=1S/C3H7NO3/c4-2(1-5)3(6)7/h2,5H,1,4H2,(H,6,7)/i1D2. The van der Waals surface area contributed by atoms with Crippen molar-refractivity contribution in [3.63, 3.8) is 0 Å². The Kier molecular flexibility index (Phi) is 1.24. The number of carboxylic acid groups (broad SMARTS) is 1. The van der Waals surface area contributed by atoms with Crippen LogP contribution in [0.2, 0.25) is 0 Å². The van der Waals surface area contributed by atoms with Gasteiger partial charge in [-0.3, -0.25) is 4.79 Å². The van der Waals surface area contributed by atoms with Gasteiger partial charge in [0.2, 0.25) is 0 Å². The van der Waals surface area contributed by atoms with Crippen molar-refractivity contribution in [3.05, 3.63) is 0 Å². The maximum absolute atomic E-state index is 9.82. The molecule has 0 aliphatic carbocycles. The smallest absolute Gasteiger partial charge is 0.322 e. The van der Waals surface area contributed by atoms with Crippen LogP contribution in [0.25, 0.3) is 0 Å². The summed E-state index contributed by atoms with van der Waals surface area (Å²) >= 11 is 0. The molecule has 0 heterocycles. The molecular formula is C3H7NO3. The van der Waals surface area contributed by atoms with Crippen molar-refractivity contribution in [3.8, 4) is 0 Å². The second-order valence-corrected chi connectivity index (χ2v) is 0.945. The number of nitrogens with two attached hydrogens (primary N) is 1. The summed E-state index contributed by atoms with van der Waals surface area (Å²) in [6.07, 6.45) is 0. The molecule has 4 N–H and O–H groups in total. The minimum atomic E-state index is -2.84. The zero-order valence-corrected chi connectivity index (χ0v) is 3.46. The van der Waals surface area contributed by atoms with Crippen molar-refractivity contribution in [1.29, 1.82) is 0 Å². The Labute approximate surface area is 43.4 Å². The Balaban J connectivity index is 4.04. The van der Waals surface area contributed by atoms with Crippen molar-refractivity contribution in [2.24, 2.45) is 5.73 Å². The first-order valence-corrected chi connectivity index (χ1v) is 1.56. The lowest BCUT2D eigenvalue weighted by atomic mass is 10.3. The van der Waals surface area contributed by atoms with Crippen LogP contribution in [-0.2, 0) is 4.79 Å². The van der Waals surface area contributed by atoms with Gasteiger partial charge >= 0.3 is 5.97 Å². The van der Waals surface area contributed by atoms with Crippen molar-refractivity contribution in [2.45, 2.75) is 6.04 Å². The van der Waals surface area contributed by atoms with E-state index in [0.29, 0.717) is 0 Å². The van der Waals surface area contributed by atoms with Gasteiger partial charge in [0.1, 0.15) is 6.04 Å². The predicted molar refractivity (Wildman–Crippen MR) is 22.7 cm³/mol. The normalized spacial score (nSPS) is 19.7. The molecule has 0 aliphatic rings. The highest BCUT2D eigenvalue weighted by molar-refractivity contribution is 5.73. The van der Waals surface area contributed by atoms with Gasteiger partial charge in [0.15, 0.2) is 0 Å². The second-order valence-electron chi connectivity index (χ2n) is 0.945. The van der Waals surface area contributed by atoms with E-state index >= 15 is 0 Å². The minimum Gasteiger partial charge on any atom is -0.480 e. The maximum Gasteiger partial charge on any atom is 0.322 e. The van der Waals surface area contributed by atoms with Gasteiger partial charge in [-0.25, -0.2) is 0 Å². The molecule has 0 spiro atoms. The van der Waals surface area contributed by atoms with Crippen LogP contribution in [0, 0.1) is 0 Å². The molecular weight excluding hydrogens is 98.0 g/mol. The Morgan fingerprint density at radius 2 is 2.57 bits per heavy atom. The molecule has 0 aliphatic heterocycles. The van der Waals surface area contributed by atoms with E-state index in [1.54, 1.807) is 0 Å². The lowest BCUT2D eigenvalue weighted by Crippen LogP contribution is -2.33. The zero-order valence-electron chi connectivity index (χ0n) is 5.46. The van der Waals surface area contributed by atoms with Crippen LogP contribution in [0.4, 0.5) is 0 Å². The van der Waals surface area contributed by atoms with E-state index < -0.39 is 18.6 Å². The summed E-state index contributed by atoms with van der Waals surface area (Å²) in [6, 6.07) is -1.88. The Morgan fingerprint density at radius 1 is 2.14 bits per heavy atom. The summed E-state index contributed by atoms with van der Waals surface area (Å²) in [4.78, 5) is 9.82. The summed E-state index contributed by atoms with van der Waals surface area (Å²) in [5.41, 5.74) is 4.67. The summed E-state index contributed by atoms with van der Waals surface area (Å²) in [6.45, 7) is -2.84. The third kappa shape index (κ3) is 2.13. The van der Waals surface area contributed by atoms with Gasteiger partial charge < -0.3 is 15.9 Å². The minimum absolute atomic E-state index is 1.57. The van der Waals surface area contributed by atoms with Crippen molar-refractivity contribution < 1.29 is 17.7 Å². The molecule has 0 rings (SSSR count). The number of carboxylic acids is 1. The number of aliphatic carboxylic acids is 1. The van der Waals surface area contributed by atoms with Gasteiger partial charge in [0.05, 0.1) is 9.30 Å². The van der Waals surface area contributed by atoms with Crippen LogP contribution in [0.1, 0.15) is 2.74 Å². The molecule has 0 aromatic heterocycles. The highest BCUT2D eigenvalue weighted by atomic mass is 16.4. The van der Waals surface area contributed by atoms with Crippen LogP contribution in [0.15, 0.2) is 0 Å². The molecule has 0 bridgehead atoms. The molecule has 1 unspecified atom stereocenters. The van der Waals surface area contributed by atoms with E-state index in [1.807, 2.05) is 0 Å². The van der Waals surface area contributed by atoms with Crippen LogP contribution in [-0.4, -0.2) is 28.8 Å². The van der Waals surface area contributed by atoms with E-state index in [2.05, 4.69) is 5.73 Å². The maximum atomic E-state index is 9.82. The molecule has 42 valence electrons.